The fourth-order valence-electron chi connectivity index (χ4n) is 4.73. The Hall–Kier alpha value is -4.85. The Bertz CT molecular complexity index is 2080. The van der Waals surface area contributed by atoms with Crippen molar-refractivity contribution in [3.63, 3.8) is 0 Å². The standard InChI is InChI=1S/C30H27ClN8O4S/c1-38(44(2,41)42)13-14-39-27-22(15-25(29(39)40)24-8-5-21(16-26(24)31)28-37-34-18-43-28)17-33-30(36-27)35-23-6-3-19(4-7-23)20-9-11-32-12-10-20/h3-11,15-18,32H,12-14H2,1-2H3,(H,33,35,36). The summed E-state index contributed by atoms with van der Waals surface area (Å²) in [4.78, 5) is 23.1. The van der Waals surface area contributed by atoms with Crippen molar-refractivity contribution in [2.45, 2.75) is 6.54 Å². The van der Waals surface area contributed by atoms with Crippen LogP contribution in [0.15, 0.2) is 88.7 Å². The van der Waals surface area contributed by atoms with E-state index in [-0.39, 0.29) is 24.6 Å². The number of benzene rings is 2. The van der Waals surface area contributed by atoms with Crippen LogP contribution in [-0.4, -0.2) is 63.8 Å². The van der Waals surface area contributed by atoms with Gasteiger partial charge in [-0.1, -0.05) is 35.9 Å². The smallest absolute Gasteiger partial charge is 0.260 e. The van der Waals surface area contributed by atoms with Gasteiger partial charge in [0.1, 0.15) is 5.65 Å². The summed E-state index contributed by atoms with van der Waals surface area (Å²) in [5.41, 5.74) is 4.32. The van der Waals surface area contributed by atoms with Crippen LogP contribution in [0.5, 0.6) is 0 Å². The average Bonchev–Trinajstić information content (AvgIpc) is 3.56. The van der Waals surface area contributed by atoms with Crippen molar-refractivity contribution in [3.8, 4) is 22.6 Å². The number of pyridine rings is 1. The van der Waals surface area contributed by atoms with Gasteiger partial charge in [0, 0.05) is 65.7 Å². The number of hydrogen-bond donors (Lipinski definition) is 2. The zero-order valence-electron chi connectivity index (χ0n) is 23.7. The van der Waals surface area contributed by atoms with E-state index in [1.807, 2.05) is 36.5 Å². The number of nitrogens with zero attached hydrogens (tertiary/aromatic N) is 6. The number of likely N-dealkylation sites (N-methyl/N-ethyl adjacent to an activating group) is 1. The first-order chi connectivity index (χ1) is 21.2. The number of allylic oxidation sites excluding steroid dienone is 2. The van der Waals surface area contributed by atoms with Crippen LogP contribution < -0.4 is 16.2 Å². The van der Waals surface area contributed by atoms with E-state index in [4.69, 9.17) is 16.0 Å². The van der Waals surface area contributed by atoms with E-state index in [0.29, 0.717) is 38.6 Å². The molecule has 12 nitrogen and oxygen atoms in total. The SMILES string of the molecule is CN(CCn1c(=O)c(-c2ccc(-c3nnco3)cc2Cl)cc2cnc(Nc3ccc(C4=CCNC=C4)cc3)nc21)S(C)(=O)=O. The summed E-state index contributed by atoms with van der Waals surface area (Å²) in [7, 11) is -2.02. The molecule has 4 heterocycles. The van der Waals surface area contributed by atoms with Gasteiger partial charge in [-0.05, 0) is 53.7 Å². The van der Waals surface area contributed by atoms with Crippen molar-refractivity contribution in [3.05, 3.63) is 100 Å². The quantitative estimate of drug-likeness (QED) is 0.241. The Morgan fingerprint density at radius 2 is 1.91 bits per heavy atom. The molecule has 6 rings (SSSR count). The Morgan fingerprint density at radius 1 is 1.11 bits per heavy atom. The third-order valence-corrected chi connectivity index (χ3v) is 8.82. The Morgan fingerprint density at radius 3 is 2.59 bits per heavy atom. The van der Waals surface area contributed by atoms with E-state index >= 15 is 0 Å². The molecule has 1 aliphatic heterocycles. The summed E-state index contributed by atoms with van der Waals surface area (Å²) in [5.74, 6) is 0.576. The lowest BCUT2D eigenvalue weighted by molar-refractivity contribution is 0.449. The van der Waals surface area contributed by atoms with Gasteiger partial charge >= 0.3 is 0 Å². The Kier molecular flexibility index (Phi) is 7.99. The predicted molar refractivity (Wildman–Crippen MR) is 170 cm³/mol. The number of dihydropyridines is 1. The van der Waals surface area contributed by atoms with Gasteiger partial charge in [0.15, 0.2) is 0 Å². The molecule has 0 saturated carbocycles. The summed E-state index contributed by atoms with van der Waals surface area (Å²) in [6.07, 6.45) is 9.99. The average molecular weight is 631 g/mol. The predicted octanol–water partition coefficient (Wildman–Crippen LogP) is 4.30. The molecule has 0 fully saturated rings. The first kappa shape index (κ1) is 29.2. The van der Waals surface area contributed by atoms with Crippen LogP contribution in [0, 0.1) is 0 Å². The van der Waals surface area contributed by atoms with Crippen molar-refractivity contribution in [1.82, 2.24) is 34.4 Å². The van der Waals surface area contributed by atoms with Gasteiger partial charge < -0.3 is 15.1 Å². The van der Waals surface area contributed by atoms with Crippen molar-refractivity contribution < 1.29 is 12.8 Å². The van der Waals surface area contributed by atoms with E-state index in [1.165, 1.54) is 22.3 Å². The van der Waals surface area contributed by atoms with Gasteiger partial charge in [-0.25, -0.2) is 17.7 Å². The molecule has 2 aromatic carbocycles. The highest BCUT2D eigenvalue weighted by Gasteiger charge is 2.19. The van der Waals surface area contributed by atoms with E-state index in [2.05, 4.69) is 36.9 Å². The second-order valence-electron chi connectivity index (χ2n) is 10.1. The molecule has 3 aromatic heterocycles. The van der Waals surface area contributed by atoms with Crippen LogP contribution in [0.4, 0.5) is 11.6 Å². The summed E-state index contributed by atoms with van der Waals surface area (Å²) >= 11 is 6.64. The third-order valence-electron chi connectivity index (χ3n) is 7.19. The number of nitrogens with one attached hydrogen (secondary N) is 2. The molecule has 0 saturated heterocycles. The van der Waals surface area contributed by atoms with Crippen molar-refractivity contribution in [2.24, 2.45) is 0 Å². The largest absolute Gasteiger partial charge is 0.423 e. The zero-order valence-corrected chi connectivity index (χ0v) is 25.3. The molecular weight excluding hydrogens is 604 g/mol. The Balaban J connectivity index is 1.38. The second kappa shape index (κ2) is 12.0. The van der Waals surface area contributed by atoms with Crippen LogP contribution in [0.25, 0.3) is 39.2 Å². The van der Waals surface area contributed by atoms with Gasteiger partial charge in [0.25, 0.3) is 5.56 Å². The minimum atomic E-state index is -3.47. The van der Waals surface area contributed by atoms with Crippen LogP contribution in [0.3, 0.4) is 0 Å². The van der Waals surface area contributed by atoms with Gasteiger partial charge in [-0.2, -0.15) is 4.98 Å². The number of aromatic nitrogens is 5. The van der Waals surface area contributed by atoms with Crippen molar-refractivity contribution >= 4 is 49.9 Å². The van der Waals surface area contributed by atoms with Crippen LogP contribution in [0.2, 0.25) is 5.02 Å². The lowest BCUT2D eigenvalue weighted by Gasteiger charge is -2.18. The first-order valence-electron chi connectivity index (χ1n) is 13.5. The summed E-state index contributed by atoms with van der Waals surface area (Å²) < 4.78 is 32.1. The minimum Gasteiger partial charge on any atom is -0.423 e. The number of anilines is 2. The molecule has 44 heavy (non-hydrogen) atoms. The van der Waals surface area contributed by atoms with Gasteiger partial charge in [0.05, 0.1) is 6.26 Å². The highest BCUT2D eigenvalue weighted by Crippen LogP contribution is 2.31. The van der Waals surface area contributed by atoms with E-state index in [0.717, 1.165) is 29.6 Å². The van der Waals surface area contributed by atoms with E-state index in [9.17, 15) is 13.2 Å². The molecule has 0 unspecified atom stereocenters. The number of rotatable bonds is 9. The number of fused-ring (bicyclic) bond motifs is 1. The molecule has 14 heteroatoms. The number of sulfonamides is 1. The van der Waals surface area contributed by atoms with Crippen LogP contribution >= 0.6 is 11.6 Å². The highest BCUT2D eigenvalue weighted by molar-refractivity contribution is 7.88. The molecule has 0 radical (unpaired) electrons. The van der Waals surface area contributed by atoms with Crippen molar-refractivity contribution in [2.75, 3.05) is 31.7 Å². The molecule has 0 amide bonds. The normalized spacial score (nSPS) is 13.2. The summed E-state index contributed by atoms with van der Waals surface area (Å²) in [6, 6.07) is 14.6. The minimum absolute atomic E-state index is 0.0487. The maximum Gasteiger partial charge on any atom is 0.260 e. The van der Waals surface area contributed by atoms with Gasteiger partial charge in [0.2, 0.25) is 28.3 Å². The molecule has 1 aliphatic rings. The molecule has 5 aromatic rings. The molecule has 0 aliphatic carbocycles. The van der Waals surface area contributed by atoms with Crippen LogP contribution in [0.1, 0.15) is 5.56 Å². The topological polar surface area (TPSA) is 148 Å². The lowest BCUT2D eigenvalue weighted by atomic mass is 10.0. The molecule has 2 N–H and O–H groups in total. The molecule has 224 valence electrons. The summed E-state index contributed by atoms with van der Waals surface area (Å²) in [6.45, 7) is 0.875. The molecule has 0 spiro atoms. The van der Waals surface area contributed by atoms with Crippen LogP contribution in [-0.2, 0) is 16.6 Å². The fraction of sp³-hybridized carbons (Fsp3) is 0.167. The van der Waals surface area contributed by atoms with Gasteiger partial charge in [-0.3, -0.25) is 9.36 Å². The lowest BCUT2D eigenvalue weighted by Crippen LogP contribution is -2.33. The third kappa shape index (κ3) is 6.11. The second-order valence-corrected chi connectivity index (χ2v) is 12.6. The molecular formula is C30H27ClN8O4S. The monoisotopic (exact) mass is 630 g/mol. The van der Waals surface area contributed by atoms with Gasteiger partial charge in [-0.15, -0.1) is 10.2 Å². The highest BCUT2D eigenvalue weighted by atomic mass is 35.5. The first-order valence-corrected chi connectivity index (χ1v) is 15.8. The Labute approximate surface area is 257 Å². The number of halogens is 1. The van der Waals surface area contributed by atoms with E-state index in [1.54, 1.807) is 30.5 Å². The van der Waals surface area contributed by atoms with E-state index < -0.39 is 10.0 Å². The summed E-state index contributed by atoms with van der Waals surface area (Å²) in [5, 5.41) is 14.8. The zero-order chi connectivity index (χ0) is 30.8. The molecule has 0 bridgehead atoms. The maximum atomic E-state index is 14.0. The number of hydrogen-bond acceptors (Lipinski definition) is 10. The van der Waals surface area contributed by atoms with Crippen molar-refractivity contribution in [1.29, 1.82) is 0 Å². The molecule has 0 atom stereocenters. The maximum absolute atomic E-state index is 14.0. The fourth-order valence-corrected chi connectivity index (χ4v) is 5.43.